The summed E-state index contributed by atoms with van der Waals surface area (Å²) >= 11 is 0. The fourth-order valence-corrected chi connectivity index (χ4v) is 7.61. The average Bonchev–Trinajstić information content (AvgIpc) is 3.18. The van der Waals surface area contributed by atoms with Crippen LogP contribution in [-0.2, 0) is 32.7 Å². The Balaban J connectivity index is 1.19. The van der Waals surface area contributed by atoms with Gasteiger partial charge in [-0.3, -0.25) is 14.4 Å². The first-order chi connectivity index (χ1) is 26.9. The number of nitrogens with zero attached hydrogens (tertiary/aromatic N) is 1. The molecule has 0 radical (unpaired) electrons. The van der Waals surface area contributed by atoms with Crippen LogP contribution in [0, 0.1) is 5.92 Å². The number of esters is 1. The van der Waals surface area contributed by atoms with Gasteiger partial charge in [-0.15, -0.1) is 0 Å². The fourth-order valence-electron chi connectivity index (χ4n) is 7.05. The topological polar surface area (TPSA) is 144 Å². The number of amides is 1. The number of aliphatic hydroxyl groups is 1. The van der Waals surface area contributed by atoms with Crippen LogP contribution in [0.25, 0.3) is 0 Å². The molecule has 4 aromatic rings. The zero-order valence-electron chi connectivity index (χ0n) is 32.7. The molecule has 0 spiro atoms. The number of aliphatic hydroxyl groups excluding tert-OH is 1. The second-order valence-corrected chi connectivity index (χ2v) is 16.5. The van der Waals surface area contributed by atoms with E-state index in [-0.39, 0.29) is 43.4 Å². The van der Waals surface area contributed by atoms with E-state index in [0.29, 0.717) is 36.1 Å². The molecule has 3 N–H and O–H groups in total. The normalized spacial score (nSPS) is 16.8. The number of carbonyl (C=O) groups is 2. The van der Waals surface area contributed by atoms with Crippen molar-refractivity contribution in [3.63, 3.8) is 0 Å². The van der Waals surface area contributed by atoms with Crippen molar-refractivity contribution in [1.82, 2.24) is 10.2 Å². The summed E-state index contributed by atoms with van der Waals surface area (Å²) in [4.78, 5) is 27.7. The minimum absolute atomic E-state index is 0.0147. The largest absolute Gasteiger partial charge is 0.491 e. The van der Waals surface area contributed by atoms with Crippen LogP contribution in [-0.4, -0.2) is 74.5 Å². The lowest BCUT2D eigenvalue weighted by Crippen LogP contribution is -2.45. The molecule has 1 fully saturated rings. The number of hydrogen-bond acceptors (Lipinski definition) is 9. The van der Waals surface area contributed by atoms with Gasteiger partial charge < -0.3 is 24.6 Å². The Kier molecular flexibility index (Phi) is 15.3. The van der Waals surface area contributed by atoms with Crippen molar-refractivity contribution in [1.29, 1.82) is 0 Å². The lowest BCUT2D eigenvalue weighted by molar-refractivity contribution is -0.146. The molecule has 0 saturated heterocycles. The van der Waals surface area contributed by atoms with Crippen LogP contribution >= 0.6 is 0 Å². The highest BCUT2D eigenvalue weighted by Gasteiger charge is 2.29. The SMILES string of the molecule is CCOC(=O)[C@@H](NC(=O)c1ccc([C@H]2CC[C@H](N(Cc3ccccc3)C[C@H](O)COc3ccc(OCc4ccccc4)c(NS(C)(=O)=O)c3)CC2)cc1)C(C)C. The molecule has 0 heterocycles. The molecule has 4 aromatic carbocycles. The molecule has 1 saturated carbocycles. The number of ether oxygens (including phenoxy) is 3. The standard InChI is InChI=1S/C44H55N3O8S/c1-5-53-44(50)42(31(2)3)45-43(49)36-18-16-34(17-19-36)35-20-22-37(23-21-35)47(27-32-12-8-6-9-13-32)28-38(48)30-54-39-24-25-41(40(26-39)46-56(4,51)52)55-29-33-14-10-7-11-15-33/h6-19,24-26,31,35,37-38,42,46,48H,5,20-23,27-30H2,1-4H3,(H,45,49)/t35-,37-,38-,42-/m0/s1. The van der Waals surface area contributed by atoms with E-state index in [0.717, 1.165) is 43.1 Å². The highest BCUT2D eigenvalue weighted by molar-refractivity contribution is 7.92. The van der Waals surface area contributed by atoms with Crippen molar-refractivity contribution in [3.8, 4) is 11.5 Å². The van der Waals surface area contributed by atoms with E-state index in [2.05, 4.69) is 27.1 Å². The third-order valence-electron chi connectivity index (χ3n) is 9.95. The van der Waals surface area contributed by atoms with Crippen molar-refractivity contribution < 1.29 is 37.3 Å². The molecular formula is C44H55N3O8S. The molecule has 11 nitrogen and oxygen atoms in total. The monoisotopic (exact) mass is 785 g/mol. The maximum absolute atomic E-state index is 13.0. The second kappa shape index (κ2) is 20.3. The van der Waals surface area contributed by atoms with Crippen molar-refractivity contribution in [3.05, 3.63) is 125 Å². The Morgan fingerprint density at radius 1 is 0.857 bits per heavy atom. The van der Waals surface area contributed by atoms with Gasteiger partial charge in [-0.05, 0) is 85.4 Å². The molecule has 0 aromatic heterocycles. The number of sulfonamides is 1. The van der Waals surface area contributed by atoms with Crippen LogP contribution < -0.4 is 19.5 Å². The minimum Gasteiger partial charge on any atom is -0.491 e. The summed E-state index contributed by atoms with van der Waals surface area (Å²) < 4.78 is 44.0. The van der Waals surface area contributed by atoms with Crippen LogP contribution in [0.2, 0.25) is 0 Å². The molecule has 0 aliphatic heterocycles. The van der Waals surface area contributed by atoms with Crippen molar-refractivity contribution >= 4 is 27.6 Å². The Hall–Kier alpha value is -4.91. The summed E-state index contributed by atoms with van der Waals surface area (Å²) in [6.07, 6.45) is 4.06. The van der Waals surface area contributed by atoms with Crippen LogP contribution in [0.5, 0.6) is 11.5 Å². The minimum atomic E-state index is -3.60. The maximum atomic E-state index is 13.0. The third kappa shape index (κ3) is 12.8. The number of nitrogens with one attached hydrogen (secondary N) is 2. The molecule has 5 rings (SSSR count). The van der Waals surface area contributed by atoms with E-state index in [1.165, 1.54) is 5.56 Å². The lowest BCUT2D eigenvalue weighted by Gasteiger charge is -2.38. The lowest BCUT2D eigenvalue weighted by atomic mass is 9.81. The molecule has 1 aliphatic rings. The van der Waals surface area contributed by atoms with Gasteiger partial charge in [0.25, 0.3) is 5.91 Å². The molecule has 12 heteroatoms. The van der Waals surface area contributed by atoms with Gasteiger partial charge in [0.05, 0.1) is 18.6 Å². The van der Waals surface area contributed by atoms with Gasteiger partial charge in [-0.2, -0.15) is 0 Å². The highest BCUT2D eigenvalue weighted by Crippen LogP contribution is 2.36. The van der Waals surface area contributed by atoms with Gasteiger partial charge in [0, 0.05) is 30.8 Å². The molecule has 0 bridgehead atoms. The van der Waals surface area contributed by atoms with Crippen LogP contribution in [0.4, 0.5) is 5.69 Å². The Labute approximate surface area is 331 Å². The summed E-state index contributed by atoms with van der Waals surface area (Å²) in [5.74, 6) is 0.267. The zero-order chi connectivity index (χ0) is 40.1. The van der Waals surface area contributed by atoms with Gasteiger partial charge in [0.15, 0.2) is 0 Å². The first kappa shape index (κ1) is 42.2. The summed E-state index contributed by atoms with van der Waals surface area (Å²) in [5.41, 5.74) is 4.03. The summed E-state index contributed by atoms with van der Waals surface area (Å²) in [5, 5.41) is 14.1. The zero-order valence-corrected chi connectivity index (χ0v) is 33.5. The maximum Gasteiger partial charge on any atom is 0.328 e. The fraction of sp³-hybridized carbons (Fsp3) is 0.409. The van der Waals surface area contributed by atoms with Gasteiger partial charge >= 0.3 is 5.97 Å². The average molecular weight is 786 g/mol. The number of carbonyl (C=O) groups excluding carboxylic acids is 2. The number of rotatable bonds is 19. The first-order valence-corrected chi connectivity index (χ1v) is 21.2. The van der Waals surface area contributed by atoms with Crippen molar-refractivity contribution in [2.24, 2.45) is 5.92 Å². The van der Waals surface area contributed by atoms with Crippen LogP contribution in [0.1, 0.15) is 79.4 Å². The highest BCUT2D eigenvalue weighted by atomic mass is 32.2. The smallest absolute Gasteiger partial charge is 0.328 e. The number of benzene rings is 4. The van der Waals surface area contributed by atoms with Crippen molar-refractivity contribution in [2.45, 2.75) is 83.7 Å². The quantitative estimate of drug-likeness (QED) is 0.0864. The Bertz CT molecular complexity index is 1950. The third-order valence-corrected chi connectivity index (χ3v) is 10.5. The van der Waals surface area contributed by atoms with E-state index in [9.17, 15) is 23.1 Å². The Morgan fingerprint density at radius 2 is 1.50 bits per heavy atom. The van der Waals surface area contributed by atoms with Crippen LogP contribution in [0.15, 0.2) is 103 Å². The molecule has 2 atom stereocenters. The molecule has 1 aliphatic carbocycles. The summed E-state index contributed by atoms with van der Waals surface area (Å²) in [7, 11) is -3.60. The molecule has 56 heavy (non-hydrogen) atoms. The molecule has 0 unspecified atom stereocenters. The molecular weight excluding hydrogens is 731 g/mol. The van der Waals surface area contributed by atoms with E-state index in [4.69, 9.17) is 14.2 Å². The number of anilines is 1. The second-order valence-electron chi connectivity index (χ2n) is 14.8. The van der Waals surface area contributed by atoms with Gasteiger partial charge in [0.2, 0.25) is 10.0 Å². The van der Waals surface area contributed by atoms with E-state index < -0.39 is 28.1 Å². The predicted octanol–water partition coefficient (Wildman–Crippen LogP) is 6.92. The predicted molar refractivity (Wildman–Crippen MR) is 218 cm³/mol. The van der Waals surface area contributed by atoms with E-state index >= 15 is 0 Å². The molecule has 300 valence electrons. The molecule has 1 amide bonds. The van der Waals surface area contributed by atoms with Crippen molar-refractivity contribution in [2.75, 3.05) is 30.7 Å². The van der Waals surface area contributed by atoms with E-state index in [1.54, 1.807) is 25.1 Å². The van der Waals surface area contributed by atoms with Gasteiger partial charge in [-0.25, -0.2) is 13.2 Å². The van der Waals surface area contributed by atoms with Gasteiger partial charge in [-0.1, -0.05) is 86.6 Å². The summed E-state index contributed by atoms with van der Waals surface area (Å²) in [6.45, 7) is 7.10. The van der Waals surface area contributed by atoms with Gasteiger partial charge in [0.1, 0.15) is 36.9 Å². The Morgan fingerprint density at radius 3 is 2.11 bits per heavy atom. The first-order valence-electron chi connectivity index (χ1n) is 19.3. The number of hydrogen-bond donors (Lipinski definition) is 3. The van der Waals surface area contributed by atoms with E-state index in [1.807, 2.05) is 86.6 Å². The van der Waals surface area contributed by atoms with Crippen LogP contribution in [0.3, 0.4) is 0 Å². The summed E-state index contributed by atoms with van der Waals surface area (Å²) in [6, 6.07) is 31.9.